The van der Waals surface area contributed by atoms with E-state index in [0.717, 1.165) is 11.2 Å². The lowest BCUT2D eigenvalue weighted by molar-refractivity contribution is 0.685. The van der Waals surface area contributed by atoms with E-state index < -0.39 is 0 Å². The van der Waals surface area contributed by atoms with Crippen LogP contribution in [0.25, 0.3) is 0 Å². The first kappa shape index (κ1) is 7.33. The summed E-state index contributed by atoms with van der Waals surface area (Å²) >= 11 is 3.37. The summed E-state index contributed by atoms with van der Waals surface area (Å²) in [6.45, 7) is 0. The van der Waals surface area contributed by atoms with Gasteiger partial charge < -0.3 is 0 Å². The fraction of sp³-hybridized carbons (Fsp3) is 0.750. The second-order valence-corrected chi connectivity index (χ2v) is 3.27. The van der Waals surface area contributed by atoms with Crippen molar-refractivity contribution >= 4 is 15.9 Å². The fourth-order valence-electron chi connectivity index (χ4n) is 1.39. The van der Waals surface area contributed by atoms with Gasteiger partial charge in [0.15, 0.2) is 0 Å². The van der Waals surface area contributed by atoms with Crippen LogP contribution in [0.1, 0.15) is 25.7 Å². The molecule has 0 atom stereocenters. The zero-order valence-corrected chi connectivity index (χ0v) is 7.23. The molecule has 0 amide bonds. The van der Waals surface area contributed by atoms with E-state index in [0.29, 0.717) is 0 Å². The summed E-state index contributed by atoms with van der Waals surface area (Å²) in [7, 11) is 0. The molecule has 0 N–H and O–H groups in total. The van der Waals surface area contributed by atoms with Gasteiger partial charge in [-0.2, -0.15) is 0 Å². The van der Waals surface area contributed by atoms with Gasteiger partial charge in [0, 0.05) is 5.33 Å². The van der Waals surface area contributed by atoms with E-state index in [4.69, 9.17) is 0 Å². The van der Waals surface area contributed by atoms with Crippen LogP contribution in [0.5, 0.6) is 0 Å². The molecule has 0 bridgehead atoms. The zero-order valence-electron chi connectivity index (χ0n) is 5.65. The number of rotatable bonds is 2. The van der Waals surface area contributed by atoms with Crippen molar-refractivity contribution in [2.45, 2.75) is 25.7 Å². The predicted octanol–water partition coefficient (Wildman–Crippen LogP) is 3.13. The first-order valence-corrected chi connectivity index (χ1v) is 4.78. The molecule has 0 aromatic heterocycles. The molecule has 1 aliphatic rings. The van der Waals surface area contributed by atoms with E-state index >= 15 is 0 Å². The molecule has 9 heavy (non-hydrogen) atoms. The molecule has 1 fully saturated rings. The summed E-state index contributed by atoms with van der Waals surface area (Å²) in [6, 6.07) is 0. The van der Waals surface area contributed by atoms with Crippen LogP contribution in [0.15, 0.2) is 12.2 Å². The lowest BCUT2D eigenvalue weighted by Crippen LogP contribution is -1.84. The Kier molecular flexibility index (Phi) is 3.34. The van der Waals surface area contributed by atoms with Gasteiger partial charge in [-0.05, 0) is 18.8 Å². The molecule has 1 aliphatic carbocycles. The highest BCUT2D eigenvalue weighted by Crippen LogP contribution is 2.25. The Labute approximate surface area is 65.5 Å². The first-order chi connectivity index (χ1) is 4.43. The third kappa shape index (κ3) is 2.53. The Morgan fingerprint density at radius 2 is 2.00 bits per heavy atom. The SMILES string of the molecule is BrCC=CC1CCCC1. The monoisotopic (exact) mass is 188 g/mol. The molecule has 0 aromatic carbocycles. The minimum Gasteiger partial charge on any atom is -0.0883 e. The van der Waals surface area contributed by atoms with Crippen LogP contribution in [0.2, 0.25) is 0 Å². The maximum absolute atomic E-state index is 3.37. The van der Waals surface area contributed by atoms with E-state index in [1.807, 2.05) is 0 Å². The summed E-state index contributed by atoms with van der Waals surface area (Å²) in [4.78, 5) is 0. The summed E-state index contributed by atoms with van der Waals surface area (Å²) in [5, 5.41) is 1.02. The van der Waals surface area contributed by atoms with E-state index in [1.54, 1.807) is 0 Å². The van der Waals surface area contributed by atoms with Crippen molar-refractivity contribution in [3.05, 3.63) is 12.2 Å². The van der Waals surface area contributed by atoms with Crippen molar-refractivity contribution in [3.8, 4) is 0 Å². The Morgan fingerprint density at radius 3 is 2.56 bits per heavy atom. The smallest absolute Gasteiger partial charge is 0.0212 e. The largest absolute Gasteiger partial charge is 0.0883 e. The van der Waals surface area contributed by atoms with Crippen molar-refractivity contribution < 1.29 is 0 Å². The average molecular weight is 189 g/mol. The standard InChI is InChI=1S/C8H13Br/c9-7-3-6-8-4-1-2-5-8/h3,6,8H,1-2,4-5,7H2. The molecule has 1 heteroatoms. The molecule has 0 nitrogen and oxygen atoms in total. The summed E-state index contributed by atoms with van der Waals surface area (Å²) < 4.78 is 0. The van der Waals surface area contributed by atoms with Gasteiger partial charge >= 0.3 is 0 Å². The second-order valence-electron chi connectivity index (χ2n) is 2.63. The molecule has 1 rings (SSSR count). The van der Waals surface area contributed by atoms with Crippen molar-refractivity contribution in [2.75, 3.05) is 5.33 Å². The number of allylic oxidation sites excluding steroid dienone is 2. The molecule has 0 saturated heterocycles. The van der Waals surface area contributed by atoms with Crippen LogP contribution >= 0.6 is 15.9 Å². The van der Waals surface area contributed by atoms with Crippen molar-refractivity contribution in [1.82, 2.24) is 0 Å². The van der Waals surface area contributed by atoms with E-state index in [1.165, 1.54) is 25.7 Å². The summed E-state index contributed by atoms with van der Waals surface area (Å²) in [5.41, 5.74) is 0. The third-order valence-electron chi connectivity index (χ3n) is 1.90. The van der Waals surface area contributed by atoms with Gasteiger partial charge in [0.05, 0.1) is 0 Å². The van der Waals surface area contributed by atoms with Gasteiger partial charge in [0.25, 0.3) is 0 Å². The Bertz CT molecular complexity index is 90.7. The van der Waals surface area contributed by atoms with Crippen molar-refractivity contribution in [1.29, 1.82) is 0 Å². The van der Waals surface area contributed by atoms with Crippen LogP contribution in [-0.2, 0) is 0 Å². The third-order valence-corrected chi connectivity index (χ3v) is 2.27. The number of hydrogen-bond acceptors (Lipinski definition) is 0. The molecular formula is C8H13Br. The number of alkyl halides is 1. The molecule has 52 valence electrons. The highest BCUT2D eigenvalue weighted by Gasteiger charge is 2.10. The Hall–Kier alpha value is 0.220. The van der Waals surface area contributed by atoms with Crippen LogP contribution in [0.3, 0.4) is 0 Å². The maximum Gasteiger partial charge on any atom is 0.0212 e. The van der Waals surface area contributed by atoms with Crippen molar-refractivity contribution in [3.63, 3.8) is 0 Å². The average Bonchev–Trinajstić information content (AvgIpc) is 2.34. The highest BCUT2D eigenvalue weighted by atomic mass is 79.9. The van der Waals surface area contributed by atoms with Crippen LogP contribution in [-0.4, -0.2) is 5.33 Å². The number of halogens is 1. The molecular weight excluding hydrogens is 176 g/mol. The summed E-state index contributed by atoms with van der Waals surface area (Å²) in [5.74, 6) is 0.905. The first-order valence-electron chi connectivity index (χ1n) is 3.66. The second kappa shape index (κ2) is 4.10. The van der Waals surface area contributed by atoms with Gasteiger partial charge in [0.1, 0.15) is 0 Å². The normalized spacial score (nSPS) is 21.9. The number of hydrogen-bond donors (Lipinski definition) is 0. The molecule has 0 aromatic rings. The summed E-state index contributed by atoms with van der Waals surface area (Å²) in [6.07, 6.45) is 10.3. The molecule has 0 heterocycles. The fourth-order valence-corrected chi connectivity index (χ4v) is 1.61. The zero-order chi connectivity index (χ0) is 6.53. The topological polar surface area (TPSA) is 0 Å². The molecule has 0 spiro atoms. The minimum atomic E-state index is 0.905. The molecule has 0 aliphatic heterocycles. The van der Waals surface area contributed by atoms with Gasteiger partial charge in [-0.25, -0.2) is 0 Å². The molecule has 0 radical (unpaired) electrons. The van der Waals surface area contributed by atoms with Gasteiger partial charge in [0.2, 0.25) is 0 Å². The molecule has 0 unspecified atom stereocenters. The predicted molar refractivity (Wildman–Crippen MR) is 44.9 cm³/mol. The molecule has 1 saturated carbocycles. The van der Waals surface area contributed by atoms with Gasteiger partial charge in [-0.15, -0.1) is 0 Å². The van der Waals surface area contributed by atoms with E-state index in [9.17, 15) is 0 Å². The van der Waals surface area contributed by atoms with E-state index in [2.05, 4.69) is 28.1 Å². The van der Waals surface area contributed by atoms with Crippen LogP contribution < -0.4 is 0 Å². The van der Waals surface area contributed by atoms with Gasteiger partial charge in [-0.3, -0.25) is 0 Å². The lowest BCUT2D eigenvalue weighted by Gasteiger charge is -1.97. The highest BCUT2D eigenvalue weighted by molar-refractivity contribution is 9.09. The lowest BCUT2D eigenvalue weighted by atomic mass is 10.1. The quantitative estimate of drug-likeness (QED) is 0.462. The van der Waals surface area contributed by atoms with E-state index in [-0.39, 0.29) is 0 Å². The Morgan fingerprint density at radius 1 is 1.33 bits per heavy atom. The minimum absolute atomic E-state index is 0.905. The van der Waals surface area contributed by atoms with Gasteiger partial charge in [-0.1, -0.05) is 40.9 Å². The van der Waals surface area contributed by atoms with Crippen molar-refractivity contribution in [2.24, 2.45) is 5.92 Å². The Balaban J connectivity index is 2.18. The maximum atomic E-state index is 3.37. The van der Waals surface area contributed by atoms with Crippen LogP contribution in [0, 0.1) is 5.92 Å². The van der Waals surface area contributed by atoms with Crippen LogP contribution in [0.4, 0.5) is 0 Å².